The first kappa shape index (κ1) is 10.4. The Labute approximate surface area is 93.3 Å². The fraction of sp³-hybridized carbons (Fsp3) is 0. The van der Waals surface area contributed by atoms with Crippen molar-refractivity contribution in [2.75, 3.05) is 5.73 Å². The average Bonchev–Trinajstić information content (AvgIpc) is 2.30. The van der Waals surface area contributed by atoms with E-state index in [4.69, 9.17) is 5.73 Å². The topological polar surface area (TPSA) is 38.9 Å². The van der Waals surface area contributed by atoms with Crippen LogP contribution in [-0.4, -0.2) is 4.98 Å². The maximum absolute atomic E-state index is 12.5. The number of rotatable bonds is 2. The third-order valence-electron chi connectivity index (χ3n) is 2.15. The predicted molar refractivity (Wildman–Crippen MR) is 64.0 cm³/mol. The van der Waals surface area contributed by atoms with E-state index in [2.05, 4.69) is 4.98 Å². The minimum Gasteiger partial charge on any atom is -0.399 e. The molecule has 80 valence electrons. The molecule has 2 rings (SSSR count). The Morgan fingerprint density at radius 2 is 1.56 bits per heavy atom. The monoisotopic (exact) mass is 213 g/mol. The Bertz CT molecular complexity index is 439. The highest BCUT2D eigenvalue weighted by molar-refractivity contribution is 5.69. The molecule has 3 heteroatoms. The van der Waals surface area contributed by atoms with Gasteiger partial charge in [-0.3, -0.25) is 0 Å². The Kier molecular flexibility index (Phi) is 2.96. The minimum atomic E-state index is -0.468. The lowest BCUT2D eigenvalue weighted by Crippen LogP contribution is -1.83. The number of benzene rings is 1. The summed E-state index contributed by atoms with van der Waals surface area (Å²) in [5.74, 6) is -0.468. The molecule has 0 atom stereocenters. The van der Waals surface area contributed by atoms with E-state index in [0.29, 0.717) is 0 Å². The lowest BCUT2D eigenvalue weighted by atomic mass is 10.1. The normalized spacial score (nSPS) is 10.8. The zero-order chi connectivity index (χ0) is 11.4. The first-order valence-corrected chi connectivity index (χ1v) is 4.89. The van der Waals surface area contributed by atoms with Crippen molar-refractivity contribution < 1.29 is 4.39 Å². The Balaban J connectivity index is 2.15. The Morgan fingerprint density at radius 3 is 2.19 bits per heavy atom. The number of hydrogen-bond donors (Lipinski definition) is 1. The molecular weight excluding hydrogens is 202 g/mol. The van der Waals surface area contributed by atoms with Gasteiger partial charge in [0, 0.05) is 11.9 Å². The maximum atomic E-state index is 12.5. The summed E-state index contributed by atoms with van der Waals surface area (Å²) in [5.41, 5.74) is 8.21. The van der Waals surface area contributed by atoms with Gasteiger partial charge < -0.3 is 5.73 Å². The quantitative estimate of drug-likeness (QED) is 0.615. The molecule has 0 unspecified atom stereocenters. The van der Waals surface area contributed by atoms with Gasteiger partial charge in [0.1, 0.15) is 0 Å². The Morgan fingerprint density at radius 1 is 0.938 bits per heavy atom. The maximum Gasteiger partial charge on any atom is 0.212 e. The molecular formula is C13H11FN2. The number of hydrogen-bond acceptors (Lipinski definition) is 2. The Hall–Kier alpha value is -2.16. The lowest BCUT2D eigenvalue weighted by Gasteiger charge is -1.95. The van der Waals surface area contributed by atoms with Crippen molar-refractivity contribution in [2.45, 2.75) is 0 Å². The lowest BCUT2D eigenvalue weighted by molar-refractivity contribution is 0.583. The van der Waals surface area contributed by atoms with Crippen LogP contribution in [0.15, 0.2) is 42.6 Å². The molecule has 0 fully saturated rings. The molecule has 0 saturated carbocycles. The van der Waals surface area contributed by atoms with E-state index in [9.17, 15) is 4.39 Å². The number of aromatic nitrogens is 1. The highest BCUT2D eigenvalue weighted by Crippen LogP contribution is 2.10. The van der Waals surface area contributed by atoms with Crippen molar-refractivity contribution in [1.82, 2.24) is 4.98 Å². The van der Waals surface area contributed by atoms with Crippen LogP contribution in [0.4, 0.5) is 10.1 Å². The van der Waals surface area contributed by atoms with E-state index in [-0.39, 0.29) is 0 Å². The van der Waals surface area contributed by atoms with E-state index in [0.717, 1.165) is 16.8 Å². The number of anilines is 1. The summed E-state index contributed by atoms with van der Waals surface area (Å²) in [6.07, 6.45) is 5.29. The molecule has 0 aliphatic carbocycles. The summed E-state index contributed by atoms with van der Waals surface area (Å²) in [5, 5.41) is 0. The third-order valence-corrected chi connectivity index (χ3v) is 2.15. The standard InChI is InChI=1S/C13H11FN2/c14-13-8-5-11(9-16-13)2-1-10-3-6-12(15)7-4-10/h1-9H,15H2/b2-1+/i14-1. The third kappa shape index (κ3) is 2.67. The second-order valence-corrected chi connectivity index (χ2v) is 3.41. The minimum absolute atomic E-state index is 0.468. The van der Waals surface area contributed by atoms with Gasteiger partial charge in [0.2, 0.25) is 5.95 Å². The van der Waals surface area contributed by atoms with Crippen LogP contribution in [0.3, 0.4) is 0 Å². The van der Waals surface area contributed by atoms with Crippen LogP contribution in [-0.2, 0) is 0 Å². The second kappa shape index (κ2) is 4.57. The average molecular weight is 213 g/mol. The van der Waals surface area contributed by atoms with Gasteiger partial charge in [0.05, 0.1) is 0 Å². The van der Waals surface area contributed by atoms with Crippen molar-refractivity contribution in [2.24, 2.45) is 0 Å². The van der Waals surface area contributed by atoms with Gasteiger partial charge in [-0.2, -0.15) is 4.39 Å². The summed E-state index contributed by atoms with van der Waals surface area (Å²) < 4.78 is 12.5. The summed E-state index contributed by atoms with van der Waals surface area (Å²) in [6, 6.07) is 10.5. The van der Waals surface area contributed by atoms with Gasteiger partial charge in [0.15, 0.2) is 0 Å². The zero-order valence-electron chi connectivity index (χ0n) is 8.60. The summed E-state index contributed by atoms with van der Waals surface area (Å²) >= 11 is 0. The van der Waals surface area contributed by atoms with Gasteiger partial charge in [-0.1, -0.05) is 24.3 Å². The first-order valence-electron chi connectivity index (χ1n) is 4.89. The van der Waals surface area contributed by atoms with Gasteiger partial charge in [-0.15, -0.1) is 0 Å². The van der Waals surface area contributed by atoms with Gasteiger partial charge in [-0.25, -0.2) is 4.98 Å². The molecule has 1 heterocycles. The smallest absolute Gasteiger partial charge is 0.212 e. The fourth-order valence-electron chi connectivity index (χ4n) is 1.29. The summed E-state index contributed by atoms with van der Waals surface area (Å²) in [7, 11) is 0. The van der Waals surface area contributed by atoms with Crippen LogP contribution in [0.2, 0.25) is 0 Å². The molecule has 1 aromatic heterocycles. The van der Waals surface area contributed by atoms with E-state index < -0.39 is 5.95 Å². The molecule has 0 aliphatic heterocycles. The molecule has 2 N–H and O–H groups in total. The molecule has 0 aliphatic rings. The molecule has 2 nitrogen and oxygen atoms in total. The number of nitrogens with zero attached hydrogens (tertiary/aromatic N) is 1. The van der Waals surface area contributed by atoms with Gasteiger partial charge in [0.25, 0.3) is 0 Å². The van der Waals surface area contributed by atoms with Crippen molar-refractivity contribution in [3.8, 4) is 0 Å². The van der Waals surface area contributed by atoms with Crippen molar-refractivity contribution >= 4 is 17.8 Å². The summed E-state index contributed by atoms with van der Waals surface area (Å²) in [6.45, 7) is 0. The van der Waals surface area contributed by atoms with E-state index in [1.54, 1.807) is 6.07 Å². The van der Waals surface area contributed by atoms with Crippen molar-refractivity contribution in [3.05, 3.63) is 59.7 Å². The number of pyridine rings is 1. The molecule has 2 aromatic rings. The van der Waals surface area contributed by atoms with Crippen molar-refractivity contribution in [3.63, 3.8) is 0 Å². The number of nitrogens with two attached hydrogens (primary N) is 1. The van der Waals surface area contributed by atoms with Gasteiger partial charge >= 0.3 is 0 Å². The molecule has 0 bridgehead atoms. The number of halogens is 1. The molecule has 0 saturated heterocycles. The largest absolute Gasteiger partial charge is 0.399 e. The molecule has 16 heavy (non-hydrogen) atoms. The van der Waals surface area contributed by atoms with Crippen LogP contribution >= 0.6 is 0 Å². The van der Waals surface area contributed by atoms with E-state index in [1.165, 1.54) is 12.3 Å². The molecule has 1 aromatic carbocycles. The van der Waals surface area contributed by atoms with Gasteiger partial charge in [-0.05, 0) is 35.4 Å². The zero-order valence-corrected chi connectivity index (χ0v) is 8.60. The van der Waals surface area contributed by atoms with E-state index in [1.807, 2.05) is 36.4 Å². The second-order valence-electron chi connectivity index (χ2n) is 3.41. The van der Waals surface area contributed by atoms with Crippen LogP contribution in [0.1, 0.15) is 11.1 Å². The summed E-state index contributed by atoms with van der Waals surface area (Å²) in [4.78, 5) is 3.57. The highest BCUT2D eigenvalue weighted by atomic mass is 18.2. The number of nitrogen functional groups attached to an aromatic ring is 1. The van der Waals surface area contributed by atoms with Crippen LogP contribution in [0, 0.1) is 5.95 Å². The highest BCUT2D eigenvalue weighted by Gasteiger charge is 1.91. The van der Waals surface area contributed by atoms with E-state index >= 15 is 0 Å². The fourth-order valence-corrected chi connectivity index (χ4v) is 1.29. The van der Waals surface area contributed by atoms with Crippen LogP contribution in [0.25, 0.3) is 12.2 Å². The van der Waals surface area contributed by atoms with Crippen molar-refractivity contribution in [1.29, 1.82) is 0 Å². The SMILES string of the molecule is Nc1ccc(/C=C/c2ccc([18F])nc2)cc1. The molecule has 0 radical (unpaired) electrons. The first-order chi connectivity index (χ1) is 7.74. The van der Waals surface area contributed by atoms with Crippen LogP contribution in [0.5, 0.6) is 0 Å². The molecule has 0 spiro atoms. The van der Waals surface area contributed by atoms with Crippen LogP contribution < -0.4 is 5.73 Å². The molecule has 0 amide bonds. The predicted octanol–water partition coefficient (Wildman–Crippen LogP) is 2.97.